The van der Waals surface area contributed by atoms with Gasteiger partial charge in [-0.05, 0) is 41.3 Å². The maximum Gasteiger partial charge on any atom is 0.0343 e. The zero-order valence-corrected chi connectivity index (χ0v) is 14.3. The quantitative estimate of drug-likeness (QED) is 0.489. The number of aryl methyl sites for hydroxylation is 1. The second-order valence-electron chi connectivity index (χ2n) is 6.33. The van der Waals surface area contributed by atoms with Crippen LogP contribution in [0.2, 0.25) is 0 Å². The van der Waals surface area contributed by atoms with Crippen molar-refractivity contribution < 1.29 is 0 Å². The standard InChI is InChI=1S/C21H31N/c1-3-4-5-6-7-8-9-10-12-18-13-11-14-19-17-20(22-2)15-16-21(18)19/h11,13-17,22H,3-10,12H2,1-2H3. The molecule has 0 aliphatic carbocycles. The van der Waals surface area contributed by atoms with Gasteiger partial charge in [0.1, 0.15) is 0 Å². The van der Waals surface area contributed by atoms with Crippen molar-refractivity contribution in [3.05, 3.63) is 42.0 Å². The fraction of sp³-hybridized carbons (Fsp3) is 0.524. The second-order valence-corrected chi connectivity index (χ2v) is 6.33. The number of anilines is 1. The normalized spacial score (nSPS) is 11.0. The fourth-order valence-electron chi connectivity index (χ4n) is 3.17. The molecule has 120 valence electrons. The molecule has 0 saturated heterocycles. The predicted molar refractivity (Wildman–Crippen MR) is 99.8 cm³/mol. The first-order valence-electron chi connectivity index (χ1n) is 9.04. The van der Waals surface area contributed by atoms with Crippen molar-refractivity contribution >= 4 is 16.5 Å². The lowest BCUT2D eigenvalue weighted by Crippen LogP contribution is -1.91. The van der Waals surface area contributed by atoms with Crippen LogP contribution in [0.15, 0.2) is 36.4 Å². The van der Waals surface area contributed by atoms with Crippen molar-refractivity contribution in [2.75, 3.05) is 12.4 Å². The highest BCUT2D eigenvalue weighted by Crippen LogP contribution is 2.24. The van der Waals surface area contributed by atoms with E-state index in [0.29, 0.717) is 0 Å². The summed E-state index contributed by atoms with van der Waals surface area (Å²) in [6.07, 6.45) is 12.3. The Morgan fingerprint density at radius 1 is 0.818 bits per heavy atom. The molecule has 0 aliphatic rings. The lowest BCUT2D eigenvalue weighted by Gasteiger charge is -2.08. The van der Waals surface area contributed by atoms with Gasteiger partial charge in [0.15, 0.2) is 0 Å². The van der Waals surface area contributed by atoms with Gasteiger partial charge in [0.2, 0.25) is 0 Å². The molecule has 0 bridgehead atoms. The van der Waals surface area contributed by atoms with Gasteiger partial charge in [-0.1, -0.05) is 76.1 Å². The molecule has 0 spiro atoms. The van der Waals surface area contributed by atoms with Crippen LogP contribution >= 0.6 is 0 Å². The van der Waals surface area contributed by atoms with E-state index in [0.717, 1.165) is 0 Å². The maximum absolute atomic E-state index is 3.22. The first-order valence-corrected chi connectivity index (χ1v) is 9.04. The molecule has 0 aliphatic heterocycles. The molecular weight excluding hydrogens is 266 g/mol. The van der Waals surface area contributed by atoms with Crippen molar-refractivity contribution in [2.45, 2.75) is 64.7 Å². The molecule has 2 rings (SSSR count). The first kappa shape index (κ1) is 16.9. The highest BCUT2D eigenvalue weighted by Gasteiger charge is 2.02. The van der Waals surface area contributed by atoms with E-state index in [1.54, 1.807) is 0 Å². The van der Waals surface area contributed by atoms with Crippen LogP contribution in [0.1, 0.15) is 63.9 Å². The molecule has 0 unspecified atom stereocenters. The Morgan fingerprint density at radius 2 is 1.55 bits per heavy atom. The van der Waals surface area contributed by atoms with E-state index >= 15 is 0 Å². The summed E-state index contributed by atoms with van der Waals surface area (Å²) in [6.45, 7) is 2.28. The lowest BCUT2D eigenvalue weighted by atomic mass is 9.98. The molecule has 22 heavy (non-hydrogen) atoms. The van der Waals surface area contributed by atoms with E-state index in [1.807, 2.05) is 7.05 Å². The second kappa shape index (κ2) is 9.50. The summed E-state index contributed by atoms with van der Waals surface area (Å²) in [7, 11) is 1.98. The van der Waals surface area contributed by atoms with Crippen LogP contribution in [0.4, 0.5) is 5.69 Å². The third-order valence-corrected chi connectivity index (χ3v) is 4.56. The third-order valence-electron chi connectivity index (χ3n) is 4.56. The Morgan fingerprint density at radius 3 is 2.27 bits per heavy atom. The topological polar surface area (TPSA) is 12.0 Å². The van der Waals surface area contributed by atoms with Gasteiger partial charge in [-0.3, -0.25) is 0 Å². The molecule has 2 aromatic carbocycles. The SMILES string of the molecule is CCCCCCCCCCc1cccc2cc(NC)ccc12. The average Bonchev–Trinajstić information content (AvgIpc) is 2.56. The van der Waals surface area contributed by atoms with Crippen molar-refractivity contribution in [3.63, 3.8) is 0 Å². The molecule has 0 heterocycles. The Labute approximate surface area is 136 Å². The van der Waals surface area contributed by atoms with Crippen LogP contribution in [0.5, 0.6) is 0 Å². The molecule has 1 heteroatoms. The Bertz CT molecular complexity index is 559. The van der Waals surface area contributed by atoms with Crippen LogP contribution in [0.25, 0.3) is 10.8 Å². The van der Waals surface area contributed by atoms with E-state index in [1.165, 1.54) is 79.8 Å². The largest absolute Gasteiger partial charge is 0.388 e. The monoisotopic (exact) mass is 297 g/mol. The maximum atomic E-state index is 3.22. The van der Waals surface area contributed by atoms with Crippen molar-refractivity contribution in [3.8, 4) is 0 Å². The van der Waals surface area contributed by atoms with Gasteiger partial charge in [0.05, 0.1) is 0 Å². The third kappa shape index (κ3) is 5.05. The predicted octanol–water partition coefficient (Wildman–Crippen LogP) is 6.56. The summed E-state index contributed by atoms with van der Waals surface area (Å²) in [6, 6.07) is 13.4. The fourth-order valence-corrected chi connectivity index (χ4v) is 3.17. The van der Waals surface area contributed by atoms with Gasteiger partial charge in [-0.25, -0.2) is 0 Å². The minimum absolute atomic E-state index is 1.19. The number of rotatable bonds is 10. The van der Waals surface area contributed by atoms with Crippen molar-refractivity contribution in [2.24, 2.45) is 0 Å². The van der Waals surface area contributed by atoms with E-state index in [-0.39, 0.29) is 0 Å². The zero-order chi connectivity index (χ0) is 15.6. The number of hydrogen-bond donors (Lipinski definition) is 1. The van der Waals surface area contributed by atoms with E-state index in [9.17, 15) is 0 Å². The molecule has 0 atom stereocenters. The molecule has 0 aromatic heterocycles. The van der Waals surface area contributed by atoms with Gasteiger partial charge >= 0.3 is 0 Å². The molecule has 0 fully saturated rings. The minimum atomic E-state index is 1.19. The smallest absolute Gasteiger partial charge is 0.0343 e. The molecule has 0 radical (unpaired) electrons. The summed E-state index contributed by atoms with van der Waals surface area (Å²) in [5, 5.41) is 5.99. The highest BCUT2D eigenvalue weighted by atomic mass is 14.8. The lowest BCUT2D eigenvalue weighted by molar-refractivity contribution is 0.576. The van der Waals surface area contributed by atoms with Gasteiger partial charge in [-0.15, -0.1) is 0 Å². The molecule has 0 amide bonds. The number of fused-ring (bicyclic) bond motifs is 1. The van der Waals surface area contributed by atoms with Gasteiger partial charge in [0, 0.05) is 12.7 Å². The highest BCUT2D eigenvalue weighted by molar-refractivity contribution is 5.88. The number of nitrogens with one attached hydrogen (secondary N) is 1. The zero-order valence-electron chi connectivity index (χ0n) is 14.3. The molecule has 0 saturated carbocycles. The summed E-state index contributed by atoms with van der Waals surface area (Å²) in [4.78, 5) is 0. The number of unbranched alkanes of at least 4 members (excludes halogenated alkanes) is 7. The van der Waals surface area contributed by atoms with Gasteiger partial charge in [-0.2, -0.15) is 0 Å². The molecule has 1 N–H and O–H groups in total. The Balaban J connectivity index is 1.79. The summed E-state index contributed by atoms with van der Waals surface area (Å²) >= 11 is 0. The molecule has 2 aromatic rings. The number of benzene rings is 2. The first-order chi connectivity index (χ1) is 10.8. The van der Waals surface area contributed by atoms with E-state index in [4.69, 9.17) is 0 Å². The van der Waals surface area contributed by atoms with Crippen molar-refractivity contribution in [1.29, 1.82) is 0 Å². The summed E-state index contributed by atoms with van der Waals surface area (Å²) < 4.78 is 0. The van der Waals surface area contributed by atoms with E-state index < -0.39 is 0 Å². The van der Waals surface area contributed by atoms with E-state index in [2.05, 4.69) is 48.6 Å². The van der Waals surface area contributed by atoms with Crippen LogP contribution in [-0.2, 0) is 6.42 Å². The Kier molecular flexibility index (Phi) is 7.28. The van der Waals surface area contributed by atoms with Crippen LogP contribution in [0, 0.1) is 0 Å². The molecule has 1 nitrogen and oxygen atoms in total. The summed E-state index contributed by atoms with van der Waals surface area (Å²) in [5.41, 5.74) is 2.70. The van der Waals surface area contributed by atoms with Crippen LogP contribution in [0.3, 0.4) is 0 Å². The van der Waals surface area contributed by atoms with Crippen LogP contribution in [-0.4, -0.2) is 7.05 Å². The van der Waals surface area contributed by atoms with Crippen LogP contribution < -0.4 is 5.32 Å². The number of hydrogen-bond acceptors (Lipinski definition) is 1. The van der Waals surface area contributed by atoms with Crippen molar-refractivity contribution in [1.82, 2.24) is 0 Å². The Hall–Kier alpha value is -1.50. The summed E-state index contributed by atoms with van der Waals surface area (Å²) in [5.74, 6) is 0. The minimum Gasteiger partial charge on any atom is -0.388 e. The molecular formula is C21H31N. The van der Waals surface area contributed by atoms with Gasteiger partial charge < -0.3 is 5.32 Å². The van der Waals surface area contributed by atoms with Gasteiger partial charge in [0.25, 0.3) is 0 Å². The average molecular weight is 297 g/mol.